The molecule has 2 amide bonds. The van der Waals surface area contributed by atoms with Crippen LogP contribution >= 0.6 is 0 Å². The second-order valence-corrected chi connectivity index (χ2v) is 6.26. The van der Waals surface area contributed by atoms with Crippen molar-refractivity contribution in [2.75, 3.05) is 13.2 Å². The van der Waals surface area contributed by atoms with Crippen LogP contribution in [0.2, 0.25) is 0 Å². The maximum Gasteiger partial charge on any atom is 0.318 e. The van der Waals surface area contributed by atoms with Gasteiger partial charge in [0.05, 0.1) is 6.04 Å². The first-order valence-corrected chi connectivity index (χ1v) is 8.01. The third-order valence-electron chi connectivity index (χ3n) is 4.82. The number of carbonyl (C=O) groups excluding carboxylic acids is 1. The van der Waals surface area contributed by atoms with Crippen LogP contribution in [0.1, 0.15) is 43.7 Å². The average molecular weight is 288 g/mol. The van der Waals surface area contributed by atoms with E-state index in [0.717, 1.165) is 24.9 Å². The maximum absolute atomic E-state index is 12.5. The third kappa shape index (κ3) is 3.21. The summed E-state index contributed by atoms with van der Waals surface area (Å²) >= 11 is 0. The Labute approximate surface area is 126 Å². The van der Waals surface area contributed by atoms with Gasteiger partial charge in [-0.05, 0) is 43.6 Å². The van der Waals surface area contributed by atoms with Crippen LogP contribution in [-0.2, 0) is 0 Å². The lowest BCUT2D eigenvalue weighted by Gasteiger charge is -2.29. The second-order valence-electron chi connectivity index (χ2n) is 6.26. The molecule has 4 nitrogen and oxygen atoms in total. The van der Waals surface area contributed by atoms with Crippen LogP contribution in [0.4, 0.5) is 4.79 Å². The topological polar surface area (TPSA) is 52.6 Å². The van der Waals surface area contributed by atoms with Gasteiger partial charge in [0, 0.05) is 19.2 Å². The molecule has 1 saturated carbocycles. The number of urea groups is 1. The van der Waals surface area contributed by atoms with Gasteiger partial charge in [-0.1, -0.05) is 30.3 Å². The summed E-state index contributed by atoms with van der Waals surface area (Å²) in [5.74, 6) is 0.716. The first-order valence-electron chi connectivity index (χ1n) is 8.01. The van der Waals surface area contributed by atoms with Crippen molar-refractivity contribution in [3.63, 3.8) is 0 Å². The monoisotopic (exact) mass is 288 g/mol. The fourth-order valence-corrected chi connectivity index (χ4v) is 3.71. The predicted octanol–water partition coefficient (Wildman–Crippen LogP) is 2.69. The molecule has 3 rings (SSSR count). The zero-order chi connectivity index (χ0) is 14.7. The highest BCUT2D eigenvalue weighted by Gasteiger charge is 2.40. The molecule has 0 aromatic heterocycles. The molecule has 3 atom stereocenters. The molecule has 2 fully saturated rings. The highest BCUT2D eigenvalue weighted by Crippen LogP contribution is 2.37. The van der Waals surface area contributed by atoms with Gasteiger partial charge in [-0.15, -0.1) is 0 Å². The Morgan fingerprint density at radius 2 is 2.14 bits per heavy atom. The van der Waals surface area contributed by atoms with Gasteiger partial charge in [0.15, 0.2) is 0 Å². The number of amides is 2. The number of piperidine rings is 1. The normalized spacial score (nSPS) is 25.1. The van der Waals surface area contributed by atoms with Crippen molar-refractivity contribution in [3.05, 3.63) is 35.9 Å². The highest BCUT2D eigenvalue weighted by molar-refractivity contribution is 5.75. The van der Waals surface area contributed by atoms with Gasteiger partial charge in [-0.3, -0.25) is 0 Å². The Morgan fingerprint density at radius 1 is 1.33 bits per heavy atom. The van der Waals surface area contributed by atoms with E-state index in [1.54, 1.807) is 0 Å². The minimum atomic E-state index is -0.00928. The molecule has 1 aliphatic carbocycles. The number of likely N-dealkylation sites (tertiary alicyclic amines) is 1. The lowest BCUT2D eigenvalue weighted by Crippen LogP contribution is -2.45. The van der Waals surface area contributed by atoms with Crippen molar-refractivity contribution in [1.29, 1.82) is 0 Å². The summed E-state index contributed by atoms with van der Waals surface area (Å²) in [6.45, 7) is 1.08. The summed E-state index contributed by atoms with van der Waals surface area (Å²) in [5.41, 5.74) is 1.11. The molecule has 0 spiro atoms. The fourth-order valence-electron chi connectivity index (χ4n) is 3.71. The number of rotatable bonds is 5. The third-order valence-corrected chi connectivity index (χ3v) is 4.82. The van der Waals surface area contributed by atoms with E-state index >= 15 is 0 Å². The molecule has 114 valence electrons. The van der Waals surface area contributed by atoms with Crippen LogP contribution < -0.4 is 5.32 Å². The van der Waals surface area contributed by atoms with E-state index in [0.29, 0.717) is 18.4 Å². The Morgan fingerprint density at radius 3 is 2.76 bits per heavy atom. The number of nitrogens with one attached hydrogen (secondary N) is 1. The van der Waals surface area contributed by atoms with E-state index < -0.39 is 0 Å². The molecule has 21 heavy (non-hydrogen) atoms. The summed E-state index contributed by atoms with van der Waals surface area (Å²) in [6, 6.07) is 10.5. The number of fused-ring (bicyclic) bond motifs is 2. The zero-order valence-corrected chi connectivity index (χ0v) is 12.4. The van der Waals surface area contributed by atoms with Crippen molar-refractivity contribution in [2.45, 2.75) is 44.2 Å². The molecule has 0 radical (unpaired) electrons. The van der Waals surface area contributed by atoms with Crippen LogP contribution in [-0.4, -0.2) is 35.2 Å². The molecule has 2 aliphatic rings. The van der Waals surface area contributed by atoms with Gasteiger partial charge in [0.25, 0.3) is 0 Å². The predicted molar refractivity (Wildman–Crippen MR) is 81.9 cm³/mol. The fraction of sp³-hybridized carbons (Fsp3) is 0.588. The Bertz CT molecular complexity index is 477. The van der Waals surface area contributed by atoms with E-state index in [4.69, 9.17) is 5.11 Å². The van der Waals surface area contributed by atoms with Gasteiger partial charge in [0.2, 0.25) is 0 Å². The van der Waals surface area contributed by atoms with Crippen LogP contribution in [0.25, 0.3) is 0 Å². The number of aliphatic hydroxyl groups is 1. The largest absolute Gasteiger partial charge is 0.396 e. The van der Waals surface area contributed by atoms with Gasteiger partial charge in [-0.25, -0.2) is 4.79 Å². The number of carbonyl (C=O) groups is 1. The number of hydrogen-bond acceptors (Lipinski definition) is 2. The van der Waals surface area contributed by atoms with Crippen molar-refractivity contribution >= 4 is 6.03 Å². The van der Waals surface area contributed by atoms with Crippen LogP contribution in [0.15, 0.2) is 30.3 Å². The van der Waals surface area contributed by atoms with E-state index in [-0.39, 0.29) is 18.7 Å². The summed E-state index contributed by atoms with van der Waals surface area (Å²) < 4.78 is 0. The zero-order valence-electron chi connectivity index (χ0n) is 12.4. The smallest absolute Gasteiger partial charge is 0.318 e. The van der Waals surface area contributed by atoms with Gasteiger partial charge >= 0.3 is 6.03 Å². The molecular weight excluding hydrogens is 264 g/mol. The van der Waals surface area contributed by atoms with Crippen molar-refractivity contribution in [3.8, 4) is 0 Å². The quantitative estimate of drug-likeness (QED) is 0.875. The number of hydrogen-bond donors (Lipinski definition) is 2. The average Bonchev–Trinajstić information content (AvgIpc) is 3.15. The summed E-state index contributed by atoms with van der Waals surface area (Å²) in [6.07, 6.45) is 5.09. The minimum Gasteiger partial charge on any atom is -0.396 e. The summed E-state index contributed by atoms with van der Waals surface area (Å²) in [5, 5.41) is 12.2. The Kier molecular flexibility index (Phi) is 4.44. The van der Waals surface area contributed by atoms with E-state index in [1.165, 1.54) is 12.8 Å². The molecule has 4 heteroatoms. The molecule has 1 aromatic carbocycles. The Hall–Kier alpha value is -1.55. The number of benzene rings is 1. The highest BCUT2D eigenvalue weighted by atomic mass is 16.3. The second kappa shape index (κ2) is 6.48. The molecule has 1 aliphatic heterocycles. The molecule has 1 heterocycles. The molecule has 2 N–H and O–H groups in total. The molecule has 3 unspecified atom stereocenters. The van der Waals surface area contributed by atoms with Gasteiger partial charge < -0.3 is 15.3 Å². The summed E-state index contributed by atoms with van der Waals surface area (Å²) in [4.78, 5) is 14.6. The van der Waals surface area contributed by atoms with Crippen LogP contribution in [0.3, 0.4) is 0 Å². The van der Waals surface area contributed by atoms with E-state index in [1.807, 2.05) is 35.2 Å². The lowest BCUT2D eigenvalue weighted by atomic mass is 10.0. The van der Waals surface area contributed by atoms with Gasteiger partial charge in [-0.2, -0.15) is 0 Å². The number of aliphatic hydroxyl groups excluding tert-OH is 1. The van der Waals surface area contributed by atoms with Crippen molar-refractivity contribution in [1.82, 2.24) is 10.2 Å². The van der Waals surface area contributed by atoms with E-state index in [2.05, 4.69) is 5.32 Å². The SMILES string of the molecule is O=C(NC(CCCO)c1ccccc1)N1CC2CCC1C2. The number of nitrogens with zero attached hydrogens (tertiary/aromatic N) is 1. The minimum absolute atomic E-state index is 0.00928. The summed E-state index contributed by atoms with van der Waals surface area (Å²) in [7, 11) is 0. The lowest BCUT2D eigenvalue weighted by molar-refractivity contribution is 0.175. The van der Waals surface area contributed by atoms with Crippen molar-refractivity contribution in [2.24, 2.45) is 5.92 Å². The Balaban J connectivity index is 1.65. The van der Waals surface area contributed by atoms with Crippen molar-refractivity contribution < 1.29 is 9.90 Å². The first-order chi connectivity index (χ1) is 10.3. The molecule has 1 saturated heterocycles. The first kappa shape index (κ1) is 14.4. The standard InChI is InChI=1S/C17H24N2O2/c20-10-4-7-16(14-5-2-1-3-6-14)18-17(21)19-12-13-8-9-15(19)11-13/h1-3,5-6,13,15-16,20H,4,7-12H2,(H,18,21). The molecule has 2 bridgehead atoms. The maximum atomic E-state index is 12.5. The molecule has 1 aromatic rings. The molecular formula is C17H24N2O2. The van der Waals surface area contributed by atoms with Crippen LogP contribution in [0.5, 0.6) is 0 Å². The van der Waals surface area contributed by atoms with Gasteiger partial charge in [0.1, 0.15) is 0 Å². The van der Waals surface area contributed by atoms with E-state index in [9.17, 15) is 4.79 Å². The van der Waals surface area contributed by atoms with Crippen LogP contribution in [0, 0.1) is 5.92 Å².